The highest BCUT2D eigenvalue weighted by Crippen LogP contribution is 2.26. The predicted molar refractivity (Wildman–Crippen MR) is 113 cm³/mol. The Morgan fingerprint density at radius 1 is 0.917 bits per heavy atom. The third kappa shape index (κ3) is 7.53. The lowest BCUT2D eigenvalue weighted by molar-refractivity contribution is -0.331. The van der Waals surface area contributed by atoms with Gasteiger partial charge in [-0.25, -0.2) is 9.59 Å². The molecule has 8 N–H and O–H groups in total. The molecule has 2 fully saturated rings. The topological polar surface area (TPSA) is 243 Å². The predicted octanol–water partition coefficient (Wildman–Crippen LogP) is -4.92. The molecule has 36 heavy (non-hydrogen) atoms. The van der Waals surface area contributed by atoms with Gasteiger partial charge in [-0.2, -0.15) is 0 Å². The third-order valence-electron chi connectivity index (χ3n) is 5.48. The molecule has 0 bridgehead atoms. The summed E-state index contributed by atoms with van der Waals surface area (Å²) in [5.74, 6) is -0.918. The normalized spacial score (nSPS) is 37.6. The van der Waals surface area contributed by atoms with E-state index in [9.17, 15) is 45.3 Å². The van der Waals surface area contributed by atoms with Crippen molar-refractivity contribution in [3.8, 4) is 0 Å². The zero-order chi connectivity index (χ0) is 27.0. The standard InChI is InChI=1S/C20H33NO15/c1-3-4-32-20(30)21-8(17(29)31-2)6-33-18-16(28)14(26)12(24)10(36-18)7-34-19-15(27)13(25)11(23)9(5-22)35-19/h3,8-16,18-19,22-28H,1,4-7H2,2H3,(H,21,30)/t8-,9+,10+,11-,12-,13-,14-,15+,16+,18+,19+/m0/s1. The van der Waals surface area contributed by atoms with Crippen molar-refractivity contribution in [2.24, 2.45) is 0 Å². The molecule has 0 aromatic carbocycles. The Kier molecular flexibility index (Phi) is 11.9. The average Bonchev–Trinajstić information content (AvgIpc) is 2.87. The molecule has 0 radical (unpaired) electrons. The molecule has 11 atom stereocenters. The van der Waals surface area contributed by atoms with Gasteiger partial charge in [0.1, 0.15) is 55.4 Å². The molecule has 2 saturated heterocycles. The molecule has 0 saturated carbocycles. The van der Waals surface area contributed by atoms with Crippen LogP contribution < -0.4 is 5.32 Å². The van der Waals surface area contributed by atoms with Gasteiger partial charge in [0.05, 0.1) is 26.9 Å². The minimum Gasteiger partial charge on any atom is -0.467 e. The molecule has 16 nitrogen and oxygen atoms in total. The number of amides is 1. The van der Waals surface area contributed by atoms with Gasteiger partial charge in [-0.15, -0.1) is 0 Å². The average molecular weight is 527 g/mol. The molecule has 2 heterocycles. The van der Waals surface area contributed by atoms with Crippen LogP contribution in [-0.2, 0) is 33.2 Å². The van der Waals surface area contributed by atoms with E-state index < -0.39 is 99.3 Å². The number of nitrogens with one attached hydrogen (secondary N) is 1. The van der Waals surface area contributed by atoms with Gasteiger partial charge in [0.2, 0.25) is 0 Å². The number of hydrogen-bond acceptors (Lipinski definition) is 15. The molecule has 0 aromatic heterocycles. The summed E-state index contributed by atoms with van der Waals surface area (Å²) in [6.07, 6.45) is -15.8. The summed E-state index contributed by atoms with van der Waals surface area (Å²) in [4.78, 5) is 23.7. The van der Waals surface area contributed by atoms with Crippen molar-refractivity contribution in [3.05, 3.63) is 12.7 Å². The molecule has 1 amide bonds. The molecule has 2 aliphatic heterocycles. The van der Waals surface area contributed by atoms with E-state index in [1.165, 1.54) is 6.08 Å². The lowest BCUT2D eigenvalue weighted by atomic mass is 9.98. The maximum absolute atomic E-state index is 12.0. The Morgan fingerprint density at radius 2 is 1.47 bits per heavy atom. The van der Waals surface area contributed by atoms with E-state index in [1.807, 2.05) is 0 Å². The van der Waals surface area contributed by atoms with Crippen LogP contribution in [0.4, 0.5) is 4.79 Å². The second kappa shape index (κ2) is 14.1. The van der Waals surface area contributed by atoms with E-state index in [2.05, 4.69) is 16.6 Å². The zero-order valence-electron chi connectivity index (χ0n) is 19.4. The number of alkyl carbamates (subject to hydrolysis) is 1. The van der Waals surface area contributed by atoms with Gasteiger partial charge in [-0.1, -0.05) is 12.7 Å². The van der Waals surface area contributed by atoms with Gasteiger partial charge >= 0.3 is 12.1 Å². The molecule has 0 spiro atoms. The fourth-order valence-electron chi connectivity index (χ4n) is 3.41. The van der Waals surface area contributed by atoms with Crippen LogP contribution in [0.3, 0.4) is 0 Å². The first-order valence-corrected chi connectivity index (χ1v) is 10.9. The van der Waals surface area contributed by atoms with Crippen LogP contribution in [-0.4, -0.2) is 149 Å². The van der Waals surface area contributed by atoms with Crippen molar-refractivity contribution < 1.29 is 73.8 Å². The van der Waals surface area contributed by atoms with Crippen molar-refractivity contribution in [3.63, 3.8) is 0 Å². The van der Waals surface area contributed by atoms with Gasteiger partial charge in [0.25, 0.3) is 0 Å². The second-order valence-electron chi connectivity index (χ2n) is 7.99. The molecule has 208 valence electrons. The van der Waals surface area contributed by atoms with E-state index in [1.54, 1.807) is 0 Å². The van der Waals surface area contributed by atoms with Gasteiger partial charge in [0.15, 0.2) is 18.6 Å². The van der Waals surface area contributed by atoms with E-state index in [0.717, 1.165) is 7.11 Å². The van der Waals surface area contributed by atoms with Gasteiger partial charge < -0.3 is 69.5 Å². The number of methoxy groups -OCH3 is 1. The minimum absolute atomic E-state index is 0.134. The third-order valence-corrected chi connectivity index (χ3v) is 5.48. The fraction of sp³-hybridized carbons (Fsp3) is 0.800. The first-order valence-electron chi connectivity index (χ1n) is 10.9. The van der Waals surface area contributed by atoms with Crippen LogP contribution in [0.25, 0.3) is 0 Å². The molecule has 2 aliphatic rings. The van der Waals surface area contributed by atoms with Crippen LogP contribution in [0.1, 0.15) is 0 Å². The number of carbonyl (C=O) groups is 2. The molecule has 0 unspecified atom stereocenters. The van der Waals surface area contributed by atoms with Crippen molar-refractivity contribution >= 4 is 12.1 Å². The first-order chi connectivity index (χ1) is 17.0. The quantitative estimate of drug-likeness (QED) is 0.0927. The van der Waals surface area contributed by atoms with E-state index in [0.29, 0.717) is 0 Å². The van der Waals surface area contributed by atoms with Crippen LogP contribution in [0.5, 0.6) is 0 Å². The largest absolute Gasteiger partial charge is 0.467 e. The van der Waals surface area contributed by atoms with Crippen molar-refractivity contribution in [2.45, 2.75) is 67.5 Å². The molecule has 0 aromatic rings. The number of carbonyl (C=O) groups excluding carboxylic acids is 2. The van der Waals surface area contributed by atoms with Gasteiger partial charge in [-0.3, -0.25) is 0 Å². The maximum Gasteiger partial charge on any atom is 0.408 e. The Labute approximate surface area is 205 Å². The summed E-state index contributed by atoms with van der Waals surface area (Å²) in [5, 5.41) is 71.9. The number of rotatable bonds is 11. The Morgan fingerprint density at radius 3 is 2.03 bits per heavy atom. The molecular weight excluding hydrogens is 494 g/mol. The van der Waals surface area contributed by atoms with E-state index in [-0.39, 0.29) is 6.61 Å². The summed E-state index contributed by atoms with van der Waals surface area (Å²) in [5.41, 5.74) is 0. The van der Waals surface area contributed by atoms with E-state index in [4.69, 9.17) is 23.7 Å². The van der Waals surface area contributed by atoms with Gasteiger partial charge in [0, 0.05) is 0 Å². The smallest absolute Gasteiger partial charge is 0.408 e. The number of aliphatic hydroxyl groups is 7. The second-order valence-corrected chi connectivity index (χ2v) is 7.99. The Bertz CT molecular complexity index is 723. The number of hydrogen-bond donors (Lipinski definition) is 8. The van der Waals surface area contributed by atoms with E-state index >= 15 is 0 Å². The first kappa shape index (κ1) is 30.3. The summed E-state index contributed by atoms with van der Waals surface area (Å²) in [6.45, 7) is 1.39. The molecule has 16 heteroatoms. The monoisotopic (exact) mass is 527 g/mol. The maximum atomic E-state index is 12.0. The zero-order valence-corrected chi connectivity index (χ0v) is 19.4. The van der Waals surface area contributed by atoms with Gasteiger partial charge in [-0.05, 0) is 0 Å². The molecule has 2 rings (SSSR count). The molecular formula is C20H33NO15. The number of esters is 1. The fourth-order valence-corrected chi connectivity index (χ4v) is 3.41. The summed E-state index contributed by atoms with van der Waals surface area (Å²) >= 11 is 0. The summed E-state index contributed by atoms with van der Waals surface area (Å²) in [6, 6.07) is -1.39. The van der Waals surface area contributed by atoms with Crippen molar-refractivity contribution in [2.75, 3.05) is 33.5 Å². The highest BCUT2D eigenvalue weighted by molar-refractivity contribution is 5.81. The van der Waals surface area contributed by atoms with Crippen molar-refractivity contribution in [1.82, 2.24) is 5.32 Å². The van der Waals surface area contributed by atoms with Crippen LogP contribution in [0, 0.1) is 0 Å². The van der Waals surface area contributed by atoms with Crippen LogP contribution in [0.15, 0.2) is 12.7 Å². The van der Waals surface area contributed by atoms with Crippen LogP contribution >= 0.6 is 0 Å². The van der Waals surface area contributed by atoms with Crippen molar-refractivity contribution in [1.29, 1.82) is 0 Å². The Balaban J connectivity index is 2.00. The van der Waals surface area contributed by atoms with Crippen LogP contribution in [0.2, 0.25) is 0 Å². The SMILES string of the molecule is C=CCOC(=O)N[C@@H](CO[C@@H]1O[C@H](CO[C@@H]2O[C@H](CO)[C@H](O)[C@H](O)[C@H]2O)[C@H](O)[C@H](O)[C@H]1O)C(=O)OC. The highest BCUT2D eigenvalue weighted by Gasteiger charge is 2.47. The lowest BCUT2D eigenvalue weighted by Gasteiger charge is -2.42. The Hall–Kier alpha value is -1.96. The molecule has 0 aliphatic carbocycles. The highest BCUT2D eigenvalue weighted by atomic mass is 16.7. The number of ether oxygens (including phenoxy) is 6. The lowest BCUT2D eigenvalue weighted by Crippen LogP contribution is -2.62. The minimum atomic E-state index is -1.80. The summed E-state index contributed by atoms with van der Waals surface area (Å²) in [7, 11) is 1.06. The number of aliphatic hydroxyl groups excluding tert-OH is 7. The summed E-state index contributed by atoms with van der Waals surface area (Å²) < 4.78 is 30.6.